The maximum atomic E-state index is 13.1. The highest BCUT2D eigenvalue weighted by Crippen LogP contribution is 2.21. The van der Waals surface area contributed by atoms with E-state index < -0.39 is 15.8 Å². The van der Waals surface area contributed by atoms with Gasteiger partial charge in [-0.15, -0.1) is 0 Å². The molecule has 0 amide bonds. The first kappa shape index (κ1) is 13.5. The van der Waals surface area contributed by atoms with E-state index in [0.717, 1.165) is 12.5 Å². The van der Waals surface area contributed by atoms with Gasteiger partial charge in [-0.3, -0.25) is 0 Å². The fourth-order valence-electron chi connectivity index (χ4n) is 1.96. The second kappa shape index (κ2) is 5.34. The molecule has 100 valence electrons. The molecule has 0 saturated carbocycles. The number of nitrogens with one attached hydrogen (secondary N) is 1. The van der Waals surface area contributed by atoms with Gasteiger partial charge in [0.15, 0.2) is 0 Å². The Balaban J connectivity index is 2.32. The van der Waals surface area contributed by atoms with Crippen LogP contribution in [-0.2, 0) is 10.0 Å². The van der Waals surface area contributed by atoms with Crippen LogP contribution in [0.3, 0.4) is 0 Å². The highest BCUT2D eigenvalue weighted by atomic mass is 32.2. The molecule has 1 aliphatic rings. The fraction of sp³-hybridized carbons (Fsp3) is 0.500. The third-order valence-electron chi connectivity index (χ3n) is 3.01. The van der Waals surface area contributed by atoms with Crippen molar-refractivity contribution in [1.29, 1.82) is 0 Å². The topological polar surface area (TPSA) is 49.4 Å². The van der Waals surface area contributed by atoms with Gasteiger partial charge in [-0.1, -0.05) is 13.0 Å². The monoisotopic (exact) mass is 272 g/mol. The van der Waals surface area contributed by atoms with Gasteiger partial charge in [0.05, 0.1) is 10.9 Å². The standard InChI is InChI=1S/C12H17FN2O2S/c1-2-6-15(11-8-14-9-11)18(16,17)12-5-3-4-10(13)7-12/h3-5,7,11,14H,2,6,8-9H2,1H3. The molecule has 1 fully saturated rings. The van der Waals surface area contributed by atoms with E-state index in [0.29, 0.717) is 19.6 Å². The lowest BCUT2D eigenvalue weighted by molar-refractivity contribution is 0.242. The Hall–Kier alpha value is -0.980. The number of benzene rings is 1. The van der Waals surface area contributed by atoms with Crippen LogP contribution in [0.4, 0.5) is 4.39 Å². The van der Waals surface area contributed by atoms with Crippen LogP contribution in [0, 0.1) is 5.82 Å². The van der Waals surface area contributed by atoms with E-state index in [4.69, 9.17) is 0 Å². The molecule has 0 bridgehead atoms. The Bertz CT molecular complexity index is 515. The Labute approximate surface area is 107 Å². The summed E-state index contributed by atoms with van der Waals surface area (Å²) in [5.74, 6) is -0.528. The summed E-state index contributed by atoms with van der Waals surface area (Å²) in [7, 11) is -3.59. The fourth-order valence-corrected chi connectivity index (χ4v) is 3.71. The molecule has 1 aliphatic heterocycles. The predicted molar refractivity (Wildman–Crippen MR) is 67.2 cm³/mol. The molecule has 6 heteroatoms. The number of hydrogen-bond donors (Lipinski definition) is 1. The molecule has 4 nitrogen and oxygen atoms in total. The maximum absolute atomic E-state index is 13.1. The van der Waals surface area contributed by atoms with Gasteiger partial charge in [-0.2, -0.15) is 4.31 Å². The lowest BCUT2D eigenvalue weighted by atomic mass is 10.2. The molecule has 1 aromatic rings. The Morgan fingerprint density at radius 1 is 1.44 bits per heavy atom. The molecule has 18 heavy (non-hydrogen) atoms. The summed E-state index contributed by atoms with van der Waals surface area (Å²) in [6.45, 7) is 3.72. The molecule has 1 heterocycles. The molecular weight excluding hydrogens is 255 g/mol. The summed E-state index contributed by atoms with van der Waals surface area (Å²) in [6.07, 6.45) is 0.741. The van der Waals surface area contributed by atoms with Gasteiger partial charge in [0.1, 0.15) is 5.82 Å². The number of rotatable bonds is 5. The average Bonchev–Trinajstić information content (AvgIpc) is 2.26. The van der Waals surface area contributed by atoms with Crippen molar-refractivity contribution in [3.05, 3.63) is 30.1 Å². The largest absolute Gasteiger partial charge is 0.313 e. The van der Waals surface area contributed by atoms with Crippen LogP contribution in [0.2, 0.25) is 0 Å². The summed E-state index contributed by atoms with van der Waals surface area (Å²) >= 11 is 0. The highest BCUT2D eigenvalue weighted by Gasteiger charge is 2.34. The first-order chi connectivity index (χ1) is 8.55. The second-order valence-electron chi connectivity index (χ2n) is 4.39. The zero-order valence-corrected chi connectivity index (χ0v) is 11.1. The van der Waals surface area contributed by atoms with Crippen LogP contribution in [0.5, 0.6) is 0 Å². The third-order valence-corrected chi connectivity index (χ3v) is 4.96. The molecular formula is C12H17FN2O2S. The molecule has 0 unspecified atom stereocenters. The van der Waals surface area contributed by atoms with Crippen LogP contribution in [0.1, 0.15) is 13.3 Å². The van der Waals surface area contributed by atoms with E-state index in [1.54, 1.807) is 0 Å². The first-order valence-electron chi connectivity index (χ1n) is 6.04. The van der Waals surface area contributed by atoms with Crippen LogP contribution >= 0.6 is 0 Å². The van der Waals surface area contributed by atoms with Crippen molar-refractivity contribution in [2.75, 3.05) is 19.6 Å². The normalized spacial score (nSPS) is 16.8. The second-order valence-corrected chi connectivity index (χ2v) is 6.28. The minimum Gasteiger partial charge on any atom is -0.313 e. The maximum Gasteiger partial charge on any atom is 0.243 e. The summed E-state index contributed by atoms with van der Waals surface area (Å²) in [5, 5.41) is 3.05. The lowest BCUT2D eigenvalue weighted by Gasteiger charge is -2.37. The van der Waals surface area contributed by atoms with Crippen LogP contribution < -0.4 is 5.32 Å². The first-order valence-corrected chi connectivity index (χ1v) is 7.48. The van der Waals surface area contributed by atoms with E-state index in [9.17, 15) is 12.8 Å². The van der Waals surface area contributed by atoms with Gasteiger partial charge in [0.2, 0.25) is 10.0 Å². The van der Waals surface area contributed by atoms with Gasteiger partial charge in [-0.25, -0.2) is 12.8 Å². The molecule has 2 rings (SSSR count). The molecule has 0 aromatic heterocycles. The van der Waals surface area contributed by atoms with Gasteiger partial charge in [-0.05, 0) is 24.6 Å². The lowest BCUT2D eigenvalue weighted by Crippen LogP contribution is -2.58. The number of nitrogens with zero attached hydrogens (tertiary/aromatic N) is 1. The van der Waals surface area contributed by atoms with Crippen molar-refractivity contribution >= 4 is 10.0 Å². The van der Waals surface area contributed by atoms with Crippen LogP contribution in [-0.4, -0.2) is 38.4 Å². The van der Waals surface area contributed by atoms with E-state index in [1.807, 2.05) is 6.92 Å². The Morgan fingerprint density at radius 2 is 2.17 bits per heavy atom. The van der Waals surface area contributed by atoms with E-state index in [1.165, 1.54) is 22.5 Å². The minimum atomic E-state index is -3.59. The summed E-state index contributed by atoms with van der Waals surface area (Å²) in [6, 6.07) is 5.16. The quantitative estimate of drug-likeness (QED) is 0.876. The van der Waals surface area contributed by atoms with Gasteiger partial charge in [0.25, 0.3) is 0 Å². The average molecular weight is 272 g/mol. The van der Waals surface area contributed by atoms with Crippen LogP contribution in [0.25, 0.3) is 0 Å². The zero-order valence-electron chi connectivity index (χ0n) is 10.3. The SMILES string of the molecule is CCCN(C1CNC1)S(=O)(=O)c1cccc(F)c1. The number of halogens is 1. The van der Waals surface area contributed by atoms with Crippen molar-refractivity contribution < 1.29 is 12.8 Å². The molecule has 1 N–H and O–H groups in total. The summed E-state index contributed by atoms with van der Waals surface area (Å²) in [5.41, 5.74) is 0. The van der Waals surface area contributed by atoms with Gasteiger partial charge >= 0.3 is 0 Å². The molecule has 1 aromatic carbocycles. The minimum absolute atomic E-state index is 0.0155. The zero-order chi connectivity index (χ0) is 13.2. The molecule has 0 radical (unpaired) electrons. The molecule has 0 aliphatic carbocycles. The van der Waals surface area contributed by atoms with Crippen molar-refractivity contribution in [3.8, 4) is 0 Å². The van der Waals surface area contributed by atoms with Gasteiger partial charge < -0.3 is 5.32 Å². The number of sulfonamides is 1. The predicted octanol–water partition coefficient (Wildman–Crippen LogP) is 1.20. The highest BCUT2D eigenvalue weighted by molar-refractivity contribution is 7.89. The van der Waals surface area contributed by atoms with E-state index in [-0.39, 0.29) is 10.9 Å². The van der Waals surface area contributed by atoms with Crippen molar-refractivity contribution in [1.82, 2.24) is 9.62 Å². The van der Waals surface area contributed by atoms with Crippen molar-refractivity contribution in [2.24, 2.45) is 0 Å². The summed E-state index contributed by atoms with van der Waals surface area (Å²) in [4.78, 5) is 0.0304. The summed E-state index contributed by atoms with van der Waals surface area (Å²) < 4.78 is 39.5. The van der Waals surface area contributed by atoms with Gasteiger partial charge in [0, 0.05) is 19.6 Å². The molecule has 1 saturated heterocycles. The third kappa shape index (κ3) is 2.55. The number of hydrogen-bond acceptors (Lipinski definition) is 3. The van der Waals surface area contributed by atoms with Crippen molar-refractivity contribution in [3.63, 3.8) is 0 Å². The van der Waals surface area contributed by atoms with E-state index in [2.05, 4.69) is 5.32 Å². The van der Waals surface area contributed by atoms with Crippen LogP contribution in [0.15, 0.2) is 29.2 Å². The van der Waals surface area contributed by atoms with E-state index >= 15 is 0 Å². The molecule has 0 spiro atoms. The Kier molecular flexibility index (Phi) is 3.99. The smallest absolute Gasteiger partial charge is 0.243 e. The Morgan fingerprint density at radius 3 is 2.67 bits per heavy atom. The van der Waals surface area contributed by atoms with Crippen molar-refractivity contribution in [2.45, 2.75) is 24.3 Å². The molecule has 0 atom stereocenters.